The summed E-state index contributed by atoms with van der Waals surface area (Å²) >= 11 is 0. The zero-order valence-corrected chi connectivity index (χ0v) is 12.1. The number of hydrogen-bond donors (Lipinski definition) is 3. The molecule has 0 radical (unpaired) electrons. The number of nitro groups is 1. The van der Waals surface area contributed by atoms with Gasteiger partial charge in [-0.1, -0.05) is 0 Å². The summed E-state index contributed by atoms with van der Waals surface area (Å²) in [5.41, 5.74) is 5.39. The molecule has 0 saturated carbocycles. The molecule has 0 aliphatic carbocycles. The predicted octanol–water partition coefficient (Wildman–Crippen LogP) is -0.171. The summed E-state index contributed by atoms with van der Waals surface area (Å²) in [6, 6.07) is 3.95. The monoisotopic (exact) mass is 318 g/mol. The first-order chi connectivity index (χ1) is 9.77. The van der Waals surface area contributed by atoms with E-state index in [0.717, 1.165) is 12.1 Å². The largest absolute Gasteiger partial charge is 0.394 e. The summed E-state index contributed by atoms with van der Waals surface area (Å²) < 4.78 is 24.0. The van der Waals surface area contributed by atoms with E-state index in [-0.39, 0.29) is 29.2 Å². The molecule has 0 saturated heterocycles. The van der Waals surface area contributed by atoms with E-state index in [9.17, 15) is 23.6 Å². The van der Waals surface area contributed by atoms with Gasteiger partial charge >= 0.3 is 0 Å². The fourth-order valence-corrected chi connectivity index (χ4v) is 3.06. The van der Waals surface area contributed by atoms with Gasteiger partial charge in [-0.05, 0) is 25.0 Å². The van der Waals surface area contributed by atoms with Gasteiger partial charge in [-0.15, -0.1) is 0 Å². The quantitative estimate of drug-likeness (QED) is 0.446. The molecule has 8 nitrogen and oxygen atoms in total. The van der Waals surface area contributed by atoms with Crippen LogP contribution in [0.15, 0.2) is 29.2 Å². The number of nitrogens with zero attached hydrogens (tertiary/aromatic N) is 1. The van der Waals surface area contributed by atoms with Crippen molar-refractivity contribution in [3.8, 4) is 0 Å². The van der Waals surface area contributed by atoms with Crippen LogP contribution in [0.4, 0.5) is 5.69 Å². The van der Waals surface area contributed by atoms with E-state index >= 15 is 0 Å². The van der Waals surface area contributed by atoms with Crippen molar-refractivity contribution in [2.75, 3.05) is 12.4 Å². The van der Waals surface area contributed by atoms with Crippen molar-refractivity contribution in [3.05, 3.63) is 34.4 Å². The summed E-state index contributed by atoms with van der Waals surface area (Å²) in [4.78, 5) is 9.90. The van der Waals surface area contributed by atoms with Gasteiger partial charge in [0.15, 0.2) is 9.84 Å². The summed E-state index contributed by atoms with van der Waals surface area (Å²) in [5.74, 6) is -0.184. The van der Waals surface area contributed by atoms with Crippen LogP contribution in [-0.2, 0) is 9.84 Å². The molecule has 1 aromatic carbocycles. The van der Waals surface area contributed by atoms with E-state index in [4.69, 9.17) is 10.8 Å². The third-order valence-corrected chi connectivity index (χ3v) is 4.85. The molecule has 0 aromatic heterocycles. The predicted molar refractivity (Wildman–Crippen MR) is 75.5 cm³/mol. The van der Waals surface area contributed by atoms with Crippen LogP contribution in [-0.4, -0.2) is 48.1 Å². The Bertz CT molecular complexity index is 572. The molecular formula is C12H18N2O6S. The van der Waals surface area contributed by atoms with Gasteiger partial charge in [0.25, 0.3) is 5.69 Å². The highest BCUT2D eigenvalue weighted by Gasteiger charge is 2.18. The lowest BCUT2D eigenvalue weighted by Gasteiger charge is -2.16. The maximum Gasteiger partial charge on any atom is 0.269 e. The molecule has 4 N–H and O–H groups in total. The first-order valence-corrected chi connectivity index (χ1v) is 7.95. The highest BCUT2D eigenvalue weighted by atomic mass is 32.2. The molecule has 9 heteroatoms. The van der Waals surface area contributed by atoms with E-state index in [0.29, 0.717) is 0 Å². The number of aliphatic hydroxyl groups is 2. The maximum absolute atomic E-state index is 12.0. The van der Waals surface area contributed by atoms with Gasteiger partial charge in [0.05, 0.1) is 28.3 Å². The van der Waals surface area contributed by atoms with Gasteiger partial charge < -0.3 is 15.9 Å². The summed E-state index contributed by atoms with van der Waals surface area (Å²) in [7, 11) is -3.55. The molecule has 0 bridgehead atoms. The Kier molecular flexibility index (Phi) is 6.21. The first-order valence-electron chi connectivity index (χ1n) is 6.29. The Hall–Kier alpha value is -1.55. The van der Waals surface area contributed by atoms with E-state index in [1.807, 2.05) is 0 Å². The second-order valence-corrected chi connectivity index (χ2v) is 6.74. The third-order valence-electron chi connectivity index (χ3n) is 3.04. The van der Waals surface area contributed by atoms with E-state index in [1.165, 1.54) is 12.1 Å². The molecule has 0 aliphatic heterocycles. The minimum Gasteiger partial charge on any atom is -0.394 e. The van der Waals surface area contributed by atoms with Crippen molar-refractivity contribution in [1.82, 2.24) is 0 Å². The minimum absolute atomic E-state index is 0.00405. The van der Waals surface area contributed by atoms with Crippen LogP contribution in [0.5, 0.6) is 0 Å². The normalized spacial score (nSPS) is 14.6. The lowest BCUT2D eigenvalue weighted by atomic mass is 10.1. The molecule has 0 spiro atoms. The van der Waals surface area contributed by atoms with Crippen LogP contribution in [0.2, 0.25) is 0 Å². The Morgan fingerprint density at radius 2 is 1.86 bits per heavy atom. The fourth-order valence-electron chi connectivity index (χ4n) is 1.73. The average Bonchev–Trinajstić information content (AvgIpc) is 2.46. The Morgan fingerprint density at radius 3 is 2.33 bits per heavy atom. The van der Waals surface area contributed by atoms with Crippen molar-refractivity contribution >= 4 is 15.5 Å². The first kappa shape index (κ1) is 17.5. The lowest BCUT2D eigenvalue weighted by molar-refractivity contribution is -0.384. The highest BCUT2D eigenvalue weighted by Crippen LogP contribution is 2.18. The third kappa shape index (κ3) is 5.05. The Labute approximate surface area is 122 Å². The summed E-state index contributed by atoms with van der Waals surface area (Å²) in [6.45, 7) is -0.476. The van der Waals surface area contributed by atoms with E-state index in [2.05, 4.69) is 0 Å². The number of benzene rings is 1. The van der Waals surface area contributed by atoms with Gasteiger partial charge in [-0.2, -0.15) is 0 Å². The molecule has 0 heterocycles. The molecule has 21 heavy (non-hydrogen) atoms. The van der Waals surface area contributed by atoms with Gasteiger partial charge in [0.2, 0.25) is 0 Å². The van der Waals surface area contributed by atoms with E-state index in [1.54, 1.807) is 0 Å². The number of hydrogen-bond acceptors (Lipinski definition) is 7. The van der Waals surface area contributed by atoms with Crippen LogP contribution >= 0.6 is 0 Å². The SMILES string of the molecule is NC(CCCS(=O)(=O)c1ccc([N+](=O)[O-])cc1)C(O)CO. The van der Waals surface area contributed by atoms with Gasteiger partial charge in [0.1, 0.15) is 0 Å². The van der Waals surface area contributed by atoms with Gasteiger partial charge in [0, 0.05) is 18.2 Å². The van der Waals surface area contributed by atoms with E-state index < -0.39 is 33.5 Å². The summed E-state index contributed by atoms with van der Waals surface area (Å²) in [5, 5.41) is 28.5. The van der Waals surface area contributed by atoms with Crippen molar-refractivity contribution in [2.24, 2.45) is 5.73 Å². The van der Waals surface area contributed by atoms with Crippen LogP contribution < -0.4 is 5.73 Å². The second-order valence-electron chi connectivity index (χ2n) is 4.63. The smallest absolute Gasteiger partial charge is 0.269 e. The molecule has 118 valence electrons. The summed E-state index contributed by atoms with van der Waals surface area (Å²) in [6.07, 6.45) is -0.613. The van der Waals surface area contributed by atoms with Gasteiger partial charge in [-0.3, -0.25) is 10.1 Å². The number of rotatable bonds is 8. The van der Waals surface area contributed by atoms with Crippen LogP contribution in [0.1, 0.15) is 12.8 Å². The molecule has 2 unspecified atom stereocenters. The van der Waals surface area contributed by atoms with Crippen molar-refractivity contribution in [2.45, 2.75) is 29.9 Å². The minimum atomic E-state index is -3.55. The molecule has 0 amide bonds. The molecule has 1 rings (SSSR count). The second kappa shape index (κ2) is 7.46. The molecule has 0 fully saturated rings. The van der Waals surface area contributed by atoms with Crippen LogP contribution in [0.25, 0.3) is 0 Å². The Morgan fingerprint density at radius 1 is 1.29 bits per heavy atom. The van der Waals surface area contributed by atoms with Gasteiger partial charge in [-0.25, -0.2) is 8.42 Å². The number of nitrogens with two attached hydrogens (primary N) is 1. The lowest BCUT2D eigenvalue weighted by Crippen LogP contribution is -2.37. The number of nitro benzene ring substituents is 1. The number of non-ortho nitro benzene ring substituents is 1. The zero-order valence-electron chi connectivity index (χ0n) is 11.3. The topological polar surface area (TPSA) is 144 Å². The van der Waals surface area contributed by atoms with Crippen LogP contribution in [0.3, 0.4) is 0 Å². The van der Waals surface area contributed by atoms with Crippen LogP contribution in [0, 0.1) is 10.1 Å². The molecule has 2 atom stereocenters. The standard InChI is InChI=1S/C12H18N2O6S/c13-11(12(16)8-15)2-1-7-21(19,20)10-5-3-9(4-6-10)14(17)18/h3-6,11-12,15-16H,1-2,7-8,13H2. The molecule has 1 aromatic rings. The number of aliphatic hydroxyl groups excluding tert-OH is 2. The molecule has 0 aliphatic rings. The fraction of sp³-hybridized carbons (Fsp3) is 0.500. The number of sulfone groups is 1. The Balaban J connectivity index is 2.63. The highest BCUT2D eigenvalue weighted by molar-refractivity contribution is 7.91. The maximum atomic E-state index is 12.0. The average molecular weight is 318 g/mol. The van der Waals surface area contributed by atoms with Crippen molar-refractivity contribution < 1.29 is 23.6 Å². The van der Waals surface area contributed by atoms with Crippen molar-refractivity contribution in [1.29, 1.82) is 0 Å². The zero-order chi connectivity index (χ0) is 16.0. The molecular weight excluding hydrogens is 300 g/mol. The van der Waals surface area contributed by atoms with Crippen molar-refractivity contribution in [3.63, 3.8) is 0 Å².